The van der Waals surface area contributed by atoms with Crippen molar-refractivity contribution in [2.45, 2.75) is 20.8 Å². The summed E-state index contributed by atoms with van der Waals surface area (Å²) in [4.78, 5) is 22.8. The number of benzene rings is 2. The van der Waals surface area contributed by atoms with Gasteiger partial charge in [-0.3, -0.25) is 10.1 Å². The first kappa shape index (κ1) is 16.5. The van der Waals surface area contributed by atoms with Gasteiger partial charge in [0.15, 0.2) is 5.75 Å². The van der Waals surface area contributed by atoms with E-state index in [4.69, 9.17) is 9.47 Å². The number of hydrogen-bond donors (Lipinski definition) is 0. The fourth-order valence-corrected chi connectivity index (χ4v) is 2.19. The lowest BCUT2D eigenvalue weighted by Gasteiger charge is -2.12. The Balaban J connectivity index is 2.37. The highest BCUT2D eigenvalue weighted by atomic mass is 16.6. The third-order valence-corrected chi connectivity index (χ3v) is 3.68. The summed E-state index contributed by atoms with van der Waals surface area (Å²) in [7, 11) is 1.33. The van der Waals surface area contributed by atoms with E-state index in [-0.39, 0.29) is 17.0 Å². The van der Waals surface area contributed by atoms with Gasteiger partial charge in [-0.25, -0.2) is 4.79 Å². The molecule has 0 amide bonds. The minimum atomic E-state index is -0.646. The Morgan fingerprint density at radius 2 is 1.74 bits per heavy atom. The summed E-state index contributed by atoms with van der Waals surface area (Å²) in [5, 5.41) is 11.0. The van der Waals surface area contributed by atoms with Gasteiger partial charge in [-0.1, -0.05) is 12.1 Å². The van der Waals surface area contributed by atoms with Crippen LogP contribution in [-0.2, 0) is 0 Å². The minimum Gasteiger partial charge on any atom is -0.490 e. The average Bonchev–Trinajstić information content (AvgIpc) is 2.54. The molecule has 2 aromatic carbocycles. The first-order chi connectivity index (χ1) is 10.8. The number of carbonyl (C=O) groups excluding carboxylic acids is 1. The molecule has 0 fully saturated rings. The Labute approximate surface area is 133 Å². The van der Waals surface area contributed by atoms with Crippen molar-refractivity contribution >= 4 is 11.7 Å². The maximum Gasteiger partial charge on any atom is 0.343 e. The van der Waals surface area contributed by atoms with E-state index >= 15 is 0 Å². The maximum absolute atomic E-state index is 12.3. The highest BCUT2D eigenvalue weighted by Gasteiger charge is 2.20. The highest BCUT2D eigenvalue weighted by Crippen LogP contribution is 2.30. The molecule has 2 rings (SSSR count). The molecule has 0 N–H and O–H groups in total. The predicted octanol–water partition coefficient (Wildman–Crippen LogP) is 3.75. The zero-order chi connectivity index (χ0) is 17.1. The standard InChI is InChI=1S/C17H17NO5/c1-10-5-6-11(2)16(12(10)3)23-17(19)13-7-8-15(22-4)14(9-13)18(20)21/h5-9H,1-4H3. The van der Waals surface area contributed by atoms with Crippen molar-refractivity contribution in [3.05, 3.63) is 62.7 Å². The fourth-order valence-electron chi connectivity index (χ4n) is 2.19. The summed E-state index contributed by atoms with van der Waals surface area (Å²) in [6.07, 6.45) is 0. The van der Waals surface area contributed by atoms with Crippen LogP contribution in [0.2, 0.25) is 0 Å². The number of nitro groups is 1. The molecule has 0 saturated carbocycles. The van der Waals surface area contributed by atoms with Crippen molar-refractivity contribution in [1.82, 2.24) is 0 Å². The number of nitrogens with zero attached hydrogens (tertiary/aromatic N) is 1. The number of methoxy groups -OCH3 is 1. The number of carbonyl (C=O) groups is 1. The number of hydrogen-bond acceptors (Lipinski definition) is 5. The molecule has 0 radical (unpaired) electrons. The van der Waals surface area contributed by atoms with Gasteiger partial charge in [0.05, 0.1) is 17.6 Å². The van der Waals surface area contributed by atoms with Gasteiger partial charge in [-0.05, 0) is 49.6 Å². The lowest BCUT2D eigenvalue weighted by Crippen LogP contribution is -2.11. The molecule has 0 bridgehead atoms. The summed E-state index contributed by atoms with van der Waals surface area (Å²) >= 11 is 0. The van der Waals surface area contributed by atoms with Gasteiger partial charge in [0.2, 0.25) is 0 Å². The average molecular weight is 315 g/mol. The van der Waals surface area contributed by atoms with Crippen LogP contribution in [0.3, 0.4) is 0 Å². The van der Waals surface area contributed by atoms with Crippen molar-refractivity contribution < 1.29 is 19.2 Å². The normalized spacial score (nSPS) is 10.3. The van der Waals surface area contributed by atoms with Gasteiger partial charge in [0.1, 0.15) is 5.75 Å². The molecule has 0 aliphatic carbocycles. The molecule has 0 aliphatic rings. The molecular formula is C17H17NO5. The molecule has 120 valence electrons. The van der Waals surface area contributed by atoms with Crippen LogP contribution in [0.1, 0.15) is 27.0 Å². The first-order valence-corrected chi connectivity index (χ1v) is 6.96. The SMILES string of the molecule is COc1ccc(C(=O)Oc2c(C)ccc(C)c2C)cc1[N+](=O)[O-]. The molecule has 23 heavy (non-hydrogen) atoms. The molecule has 0 saturated heterocycles. The lowest BCUT2D eigenvalue weighted by atomic mass is 10.1. The number of rotatable bonds is 4. The molecule has 0 aromatic heterocycles. The van der Waals surface area contributed by atoms with E-state index in [0.29, 0.717) is 5.75 Å². The lowest BCUT2D eigenvalue weighted by molar-refractivity contribution is -0.385. The van der Waals surface area contributed by atoms with Crippen LogP contribution in [0.4, 0.5) is 5.69 Å². The maximum atomic E-state index is 12.3. The summed E-state index contributed by atoms with van der Waals surface area (Å²) in [6, 6.07) is 7.78. The number of aryl methyl sites for hydroxylation is 2. The molecule has 0 unspecified atom stereocenters. The molecule has 6 nitrogen and oxygen atoms in total. The highest BCUT2D eigenvalue weighted by molar-refractivity contribution is 5.92. The van der Waals surface area contributed by atoms with Crippen LogP contribution in [0.5, 0.6) is 11.5 Å². The van der Waals surface area contributed by atoms with E-state index in [0.717, 1.165) is 22.8 Å². The first-order valence-electron chi connectivity index (χ1n) is 6.96. The van der Waals surface area contributed by atoms with Crippen molar-refractivity contribution in [3.8, 4) is 11.5 Å². The van der Waals surface area contributed by atoms with Gasteiger partial charge in [-0.15, -0.1) is 0 Å². The fraction of sp³-hybridized carbons (Fsp3) is 0.235. The van der Waals surface area contributed by atoms with Crippen LogP contribution in [0.15, 0.2) is 30.3 Å². The van der Waals surface area contributed by atoms with Crippen LogP contribution in [0.25, 0.3) is 0 Å². The molecule has 0 spiro atoms. The van der Waals surface area contributed by atoms with E-state index in [1.54, 1.807) is 0 Å². The zero-order valence-electron chi connectivity index (χ0n) is 13.4. The summed E-state index contributed by atoms with van der Waals surface area (Å²) in [5.41, 5.74) is 2.50. The zero-order valence-corrected chi connectivity index (χ0v) is 13.4. The van der Waals surface area contributed by atoms with Gasteiger partial charge in [0.25, 0.3) is 0 Å². The smallest absolute Gasteiger partial charge is 0.343 e. The van der Waals surface area contributed by atoms with Gasteiger partial charge < -0.3 is 9.47 Å². The van der Waals surface area contributed by atoms with Crippen LogP contribution in [-0.4, -0.2) is 18.0 Å². The minimum absolute atomic E-state index is 0.0921. The largest absolute Gasteiger partial charge is 0.490 e. The van der Waals surface area contributed by atoms with Crippen LogP contribution in [0, 0.1) is 30.9 Å². The predicted molar refractivity (Wildman–Crippen MR) is 85.3 cm³/mol. The number of nitro benzene ring substituents is 1. The van der Waals surface area contributed by atoms with Crippen LogP contribution < -0.4 is 9.47 Å². The Bertz CT molecular complexity index is 783. The summed E-state index contributed by atoms with van der Waals surface area (Å²) in [5.74, 6) is -0.0736. The Hall–Kier alpha value is -2.89. The van der Waals surface area contributed by atoms with Gasteiger partial charge >= 0.3 is 11.7 Å². The van der Waals surface area contributed by atoms with E-state index in [9.17, 15) is 14.9 Å². The van der Waals surface area contributed by atoms with Crippen molar-refractivity contribution in [2.24, 2.45) is 0 Å². The third-order valence-electron chi connectivity index (χ3n) is 3.68. The van der Waals surface area contributed by atoms with Crippen molar-refractivity contribution in [1.29, 1.82) is 0 Å². The topological polar surface area (TPSA) is 78.7 Å². The molecular weight excluding hydrogens is 298 g/mol. The quantitative estimate of drug-likeness (QED) is 0.371. The van der Waals surface area contributed by atoms with Crippen LogP contribution >= 0.6 is 0 Å². The van der Waals surface area contributed by atoms with Gasteiger partial charge in [-0.2, -0.15) is 0 Å². The number of ether oxygens (including phenoxy) is 2. The Morgan fingerprint density at radius 1 is 1.09 bits per heavy atom. The van der Waals surface area contributed by atoms with Crippen molar-refractivity contribution in [3.63, 3.8) is 0 Å². The molecule has 0 aliphatic heterocycles. The second-order valence-corrected chi connectivity index (χ2v) is 5.19. The van der Waals surface area contributed by atoms with E-state index in [1.165, 1.54) is 19.2 Å². The third kappa shape index (κ3) is 3.31. The molecule has 2 aromatic rings. The molecule has 0 atom stereocenters. The van der Waals surface area contributed by atoms with E-state index in [2.05, 4.69) is 0 Å². The number of esters is 1. The van der Waals surface area contributed by atoms with Crippen molar-refractivity contribution in [2.75, 3.05) is 7.11 Å². The van der Waals surface area contributed by atoms with E-state index in [1.807, 2.05) is 32.9 Å². The van der Waals surface area contributed by atoms with E-state index < -0.39 is 10.9 Å². The second-order valence-electron chi connectivity index (χ2n) is 5.19. The molecule has 0 heterocycles. The Kier molecular flexibility index (Phi) is 4.64. The monoisotopic (exact) mass is 315 g/mol. The summed E-state index contributed by atoms with van der Waals surface area (Å²) in [6.45, 7) is 5.62. The Morgan fingerprint density at radius 3 is 2.35 bits per heavy atom. The molecule has 6 heteroatoms. The van der Waals surface area contributed by atoms with Gasteiger partial charge in [0, 0.05) is 6.07 Å². The second kappa shape index (κ2) is 6.48. The summed E-state index contributed by atoms with van der Waals surface area (Å²) < 4.78 is 10.4.